The predicted molar refractivity (Wildman–Crippen MR) is 122 cm³/mol. The second-order valence-electron chi connectivity index (χ2n) is 7.67. The molecule has 2 heterocycles. The lowest BCUT2D eigenvalue weighted by Crippen LogP contribution is -2.15. The van der Waals surface area contributed by atoms with Crippen molar-refractivity contribution < 1.29 is 13.9 Å². The quantitative estimate of drug-likeness (QED) is 0.368. The maximum absolute atomic E-state index is 13.2. The van der Waals surface area contributed by atoms with E-state index < -0.39 is 5.97 Å². The molecule has 160 valence electrons. The summed E-state index contributed by atoms with van der Waals surface area (Å²) in [5.41, 5.74) is 5.02. The summed E-state index contributed by atoms with van der Waals surface area (Å²) in [6.45, 7) is 1.62. The van der Waals surface area contributed by atoms with Gasteiger partial charge in [0.05, 0.1) is 16.8 Å². The normalized spacial score (nSPS) is 14.5. The molecule has 0 amide bonds. The van der Waals surface area contributed by atoms with E-state index in [1.54, 1.807) is 6.92 Å². The van der Waals surface area contributed by atoms with Gasteiger partial charge in [-0.05, 0) is 54.2 Å². The third kappa shape index (κ3) is 3.89. The highest BCUT2D eigenvalue weighted by atomic mass is 35.5. The van der Waals surface area contributed by atoms with E-state index in [9.17, 15) is 4.79 Å². The maximum atomic E-state index is 13.2. The number of ether oxygens (including phenoxy) is 1. The Morgan fingerprint density at radius 1 is 1.12 bits per heavy atom. The Bertz CT molecular complexity index is 1360. The molecule has 1 aliphatic carbocycles. The summed E-state index contributed by atoms with van der Waals surface area (Å²) in [5, 5.41) is 9.14. The van der Waals surface area contributed by atoms with Crippen LogP contribution in [0.4, 0.5) is 0 Å². The zero-order valence-electron chi connectivity index (χ0n) is 17.5. The number of nitrogens with zero attached hydrogens (tertiary/aromatic N) is 3. The number of para-hydroxylation sites is 1. The predicted octanol–water partition coefficient (Wildman–Crippen LogP) is 5.81. The van der Waals surface area contributed by atoms with Gasteiger partial charge in [-0.15, -0.1) is 10.2 Å². The zero-order valence-corrected chi connectivity index (χ0v) is 18.2. The van der Waals surface area contributed by atoms with Crippen molar-refractivity contribution in [3.8, 4) is 0 Å². The van der Waals surface area contributed by atoms with Gasteiger partial charge in [-0.25, -0.2) is 9.78 Å². The summed E-state index contributed by atoms with van der Waals surface area (Å²) in [6.07, 6.45) is 4.58. The number of allylic oxidation sites excluding steroid dienone is 1. The number of halogens is 1. The van der Waals surface area contributed by atoms with Gasteiger partial charge in [-0.2, -0.15) is 0 Å². The summed E-state index contributed by atoms with van der Waals surface area (Å²) >= 11 is 6.39. The summed E-state index contributed by atoms with van der Waals surface area (Å²) < 4.78 is 10.9. The first kappa shape index (κ1) is 20.4. The molecule has 0 bridgehead atoms. The first-order chi connectivity index (χ1) is 15.6. The van der Waals surface area contributed by atoms with Crippen molar-refractivity contribution in [2.24, 2.45) is 0 Å². The number of aryl methyl sites for hydroxylation is 1. The summed E-state index contributed by atoms with van der Waals surface area (Å²) in [6, 6.07) is 15.3. The molecular formula is C25H20ClN3O3. The number of aromatic nitrogens is 3. The van der Waals surface area contributed by atoms with Gasteiger partial charge in [-0.1, -0.05) is 48.0 Å². The van der Waals surface area contributed by atoms with Gasteiger partial charge in [0.2, 0.25) is 5.89 Å². The third-order valence-corrected chi connectivity index (χ3v) is 5.85. The molecule has 0 unspecified atom stereocenters. The van der Waals surface area contributed by atoms with Crippen molar-refractivity contribution in [1.82, 2.24) is 15.2 Å². The van der Waals surface area contributed by atoms with Crippen LogP contribution in [0, 0.1) is 6.92 Å². The van der Waals surface area contributed by atoms with E-state index in [0.717, 1.165) is 52.6 Å². The SMILES string of the molecule is Cc1nnc(COC(=O)c2c3c(nc4ccccc24)/C(=C/c2ccccc2Cl)CCC3)o1. The molecule has 2 aromatic heterocycles. The van der Waals surface area contributed by atoms with Crippen LogP contribution >= 0.6 is 11.6 Å². The first-order valence-electron chi connectivity index (χ1n) is 10.4. The zero-order chi connectivity index (χ0) is 22.1. The largest absolute Gasteiger partial charge is 0.452 e. The number of carbonyl (C=O) groups is 1. The molecule has 0 saturated carbocycles. The average molecular weight is 446 g/mol. The highest BCUT2D eigenvalue weighted by Gasteiger charge is 2.26. The molecule has 4 aromatic rings. The van der Waals surface area contributed by atoms with Crippen molar-refractivity contribution in [3.05, 3.63) is 87.7 Å². The molecule has 1 aliphatic rings. The molecule has 2 aromatic carbocycles. The third-order valence-electron chi connectivity index (χ3n) is 5.50. The molecule has 32 heavy (non-hydrogen) atoms. The van der Waals surface area contributed by atoms with Crippen molar-refractivity contribution in [2.75, 3.05) is 0 Å². The van der Waals surface area contributed by atoms with E-state index >= 15 is 0 Å². The summed E-state index contributed by atoms with van der Waals surface area (Å²) in [4.78, 5) is 18.2. The van der Waals surface area contributed by atoms with Gasteiger partial charge in [0.15, 0.2) is 6.61 Å². The molecule has 0 fully saturated rings. The molecule has 5 rings (SSSR count). The standard InChI is InChI=1S/C25H20ClN3O3/c1-15-28-29-22(32-15)14-31-25(30)23-18-9-3-5-12-21(18)27-24-17(8-6-10-19(23)24)13-16-7-2-4-11-20(16)26/h2-5,7,9,11-13H,6,8,10,14H2,1H3/b17-13+. The Hall–Kier alpha value is -3.51. The lowest BCUT2D eigenvalue weighted by molar-refractivity contribution is 0.0437. The molecular weight excluding hydrogens is 426 g/mol. The van der Waals surface area contributed by atoms with Crippen molar-refractivity contribution in [1.29, 1.82) is 0 Å². The van der Waals surface area contributed by atoms with Crippen molar-refractivity contribution in [3.63, 3.8) is 0 Å². The van der Waals surface area contributed by atoms with Crippen LogP contribution in [-0.2, 0) is 17.8 Å². The van der Waals surface area contributed by atoms with Crippen LogP contribution in [0.1, 0.15) is 51.8 Å². The Morgan fingerprint density at radius 3 is 2.75 bits per heavy atom. The van der Waals surface area contributed by atoms with Crippen LogP contribution < -0.4 is 0 Å². The molecule has 7 heteroatoms. The number of benzene rings is 2. The van der Waals surface area contributed by atoms with E-state index in [-0.39, 0.29) is 12.5 Å². The highest BCUT2D eigenvalue weighted by molar-refractivity contribution is 6.32. The van der Waals surface area contributed by atoms with Crippen LogP contribution in [0.5, 0.6) is 0 Å². The number of esters is 1. The lowest BCUT2D eigenvalue weighted by atomic mass is 9.86. The molecule has 0 aliphatic heterocycles. The minimum atomic E-state index is -0.422. The second kappa shape index (κ2) is 8.55. The molecule has 0 saturated heterocycles. The fourth-order valence-corrected chi connectivity index (χ4v) is 4.27. The monoisotopic (exact) mass is 445 g/mol. The molecule has 6 nitrogen and oxygen atoms in total. The number of carbonyl (C=O) groups excluding carboxylic acids is 1. The number of hydrogen-bond acceptors (Lipinski definition) is 6. The molecule has 0 N–H and O–H groups in total. The fourth-order valence-electron chi connectivity index (χ4n) is 4.08. The number of pyridine rings is 1. The van der Waals surface area contributed by atoms with Crippen LogP contribution in [0.25, 0.3) is 22.6 Å². The van der Waals surface area contributed by atoms with Gasteiger partial charge in [-0.3, -0.25) is 0 Å². The minimum absolute atomic E-state index is 0.0760. The topological polar surface area (TPSA) is 78.1 Å². The fraction of sp³-hybridized carbons (Fsp3) is 0.200. The number of fused-ring (bicyclic) bond motifs is 2. The van der Waals surface area contributed by atoms with E-state index in [2.05, 4.69) is 16.3 Å². The Labute approximate surface area is 189 Å². The Kier molecular flexibility index (Phi) is 5.45. The van der Waals surface area contributed by atoms with Crippen LogP contribution in [-0.4, -0.2) is 21.2 Å². The smallest absolute Gasteiger partial charge is 0.339 e. The first-order valence-corrected chi connectivity index (χ1v) is 10.8. The van der Waals surface area contributed by atoms with Gasteiger partial charge in [0, 0.05) is 17.3 Å². The van der Waals surface area contributed by atoms with Gasteiger partial charge >= 0.3 is 5.97 Å². The summed E-state index contributed by atoms with van der Waals surface area (Å²) in [7, 11) is 0. The van der Waals surface area contributed by atoms with Gasteiger partial charge in [0.25, 0.3) is 5.89 Å². The van der Waals surface area contributed by atoms with E-state index in [1.165, 1.54) is 0 Å². The molecule has 0 atom stereocenters. The molecule has 0 radical (unpaired) electrons. The maximum Gasteiger partial charge on any atom is 0.339 e. The Morgan fingerprint density at radius 2 is 1.94 bits per heavy atom. The minimum Gasteiger partial charge on any atom is -0.452 e. The van der Waals surface area contributed by atoms with Crippen LogP contribution in [0.3, 0.4) is 0 Å². The van der Waals surface area contributed by atoms with E-state index in [0.29, 0.717) is 16.5 Å². The summed E-state index contributed by atoms with van der Waals surface area (Å²) in [5.74, 6) is 0.272. The van der Waals surface area contributed by atoms with Gasteiger partial charge < -0.3 is 9.15 Å². The number of hydrogen-bond donors (Lipinski definition) is 0. The molecule has 0 spiro atoms. The van der Waals surface area contributed by atoms with Gasteiger partial charge in [0.1, 0.15) is 0 Å². The number of rotatable bonds is 4. The average Bonchev–Trinajstić information content (AvgIpc) is 3.23. The van der Waals surface area contributed by atoms with Crippen LogP contribution in [0.2, 0.25) is 5.02 Å². The van der Waals surface area contributed by atoms with Crippen molar-refractivity contribution in [2.45, 2.75) is 32.8 Å². The Balaban J connectivity index is 1.60. The van der Waals surface area contributed by atoms with E-state index in [1.807, 2.05) is 48.5 Å². The second-order valence-corrected chi connectivity index (χ2v) is 8.07. The van der Waals surface area contributed by atoms with E-state index in [4.69, 9.17) is 25.7 Å². The van der Waals surface area contributed by atoms with Crippen LogP contribution in [0.15, 0.2) is 52.9 Å². The van der Waals surface area contributed by atoms with Crippen molar-refractivity contribution >= 4 is 40.1 Å². The highest BCUT2D eigenvalue weighted by Crippen LogP contribution is 2.37. The lowest BCUT2D eigenvalue weighted by Gasteiger charge is -2.22.